The van der Waals surface area contributed by atoms with Crippen molar-refractivity contribution in [2.45, 2.75) is 50.6 Å². The van der Waals surface area contributed by atoms with Gasteiger partial charge in [0.15, 0.2) is 0 Å². The van der Waals surface area contributed by atoms with Crippen molar-refractivity contribution < 1.29 is 21.6 Å². The van der Waals surface area contributed by atoms with Gasteiger partial charge in [-0.15, -0.1) is 0 Å². The van der Waals surface area contributed by atoms with Crippen molar-refractivity contribution in [1.29, 1.82) is 0 Å². The maximum absolute atomic E-state index is 13.2. The van der Waals surface area contributed by atoms with E-state index in [9.17, 15) is 21.6 Å². The number of nitrogens with two attached hydrogens (primary N) is 1. The van der Waals surface area contributed by atoms with Gasteiger partial charge in [0, 0.05) is 18.8 Å². The number of hydrogen-bond acceptors (Lipinski definition) is 3. The van der Waals surface area contributed by atoms with Crippen LogP contribution in [0.2, 0.25) is 0 Å². The van der Waals surface area contributed by atoms with Crippen LogP contribution in [-0.4, -0.2) is 25.8 Å². The fraction of sp³-hybridized carbons (Fsp3) is 0.600. The van der Waals surface area contributed by atoms with Crippen LogP contribution in [0, 0.1) is 0 Å². The van der Waals surface area contributed by atoms with E-state index in [2.05, 4.69) is 0 Å². The molecule has 0 unspecified atom stereocenters. The monoisotopic (exact) mass is 352 g/mol. The Balaban J connectivity index is 3.33. The summed E-state index contributed by atoms with van der Waals surface area (Å²) in [5.41, 5.74) is 4.06. The standard InChI is InChI=1S/C15H23F3N2O2S/c1-3-5-9-20(10-6-4-2)23(21,22)14-8-7-12(19)11-13(14)15(16,17)18/h7-8,11H,3-6,9-10,19H2,1-2H3. The second-order valence-electron chi connectivity index (χ2n) is 5.36. The minimum absolute atomic E-state index is 0.120. The number of nitrogens with zero attached hydrogens (tertiary/aromatic N) is 1. The van der Waals surface area contributed by atoms with E-state index in [0.29, 0.717) is 18.9 Å². The number of benzene rings is 1. The third-order valence-electron chi connectivity index (χ3n) is 3.45. The molecule has 1 aromatic rings. The summed E-state index contributed by atoms with van der Waals surface area (Å²) in [7, 11) is -4.22. The number of anilines is 1. The highest BCUT2D eigenvalue weighted by atomic mass is 32.2. The molecule has 0 aromatic heterocycles. The van der Waals surface area contributed by atoms with Crippen LogP contribution in [0.25, 0.3) is 0 Å². The van der Waals surface area contributed by atoms with Crippen molar-refractivity contribution in [3.05, 3.63) is 23.8 Å². The molecule has 0 aliphatic rings. The fourth-order valence-electron chi connectivity index (χ4n) is 2.15. The Bertz CT molecular complexity index is 608. The second-order valence-corrected chi connectivity index (χ2v) is 7.27. The molecule has 23 heavy (non-hydrogen) atoms. The van der Waals surface area contributed by atoms with Crippen LogP contribution in [0.5, 0.6) is 0 Å². The Kier molecular flexibility index (Phi) is 6.88. The van der Waals surface area contributed by atoms with E-state index in [4.69, 9.17) is 5.73 Å². The number of halogens is 3. The molecule has 0 spiro atoms. The third-order valence-corrected chi connectivity index (χ3v) is 5.41. The summed E-state index contributed by atoms with van der Waals surface area (Å²) < 4.78 is 66.1. The van der Waals surface area contributed by atoms with Crippen molar-refractivity contribution in [2.75, 3.05) is 18.8 Å². The van der Waals surface area contributed by atoms with Crippen LogP contribution in [0.3, 0.4) is 0 Å². The van der Waals surface area contributed by atoms with Crippen molar-refractivity contribution in [3.63, 3.8) is 0 Å². The quantitative estimate of drug-likeness (QED) is 0.722. The molecule has 0 aliphatic heterocycles. The fourth-order valence-corrected chi connectivity index (χ4v) is 3.86. The molecule has 4 nitrogen and oxygen atoms in total. The number of sulfonamides is 1. The molecule has 0 saturated carbocycles. The first-order chi connectivity index (χ1) is 10.6. The maximum atomic E-state index is 13.2. The average Bonchev–Trinajstić information content (AvgIpc) is 2.45. The Hall–Kier alpha value is -1.28. The van der Waals surface area contributed by atoms with Gasteiger partial charge in [-0.2, -0.15) is 17.5 Å². The summed E-state index contributed by atoms with van der Waals surface area (Å²) in [6.07, 6.45) is -2.07. The van der Waals surface area contributed by atoms with Gasteiger partial charge in [-0.25, -0.2) is 8.42 Å². The Labute approximate surface area is 135 Å². The number of rotatable bonds is 8. The van der Waals surface area contributed by atoms with Gasteiger partial charge in [-0.1, -0.05) is 26.7 Å². The SMILES string of the molecule is CCCCN(CCCC)S(=O)(=O)c1ccc(N)cc1C(F)(F)F. The number of unbranched alkanes of at least 4 members (excludes halogenated alkanes) is 2. The molecule has 0 fully saturated rings. The molecule has 0 heterocycles. The lowest BCUT2D eigenvalue weighted by Crippen LogP contribution is -2.34. The van der Waals surface area contributed by atoms with Crippen LogP contribution < -0.4 is 5.73 Å². The molecular formula is C15H23F3N2O2S. The van der Waals surface area contributed by atoms with Crippen molar-refractivity contribution >= 4 is 15.7 Å². The summed E-state index contributed by atoms with van der Waals surface area (Å²) in [4.78, 5) is -0.730. The molecular weight excluding hydrogens is 329 g/mol. The zero-order valence-corrected chi connectivity index (χ0v) is 14.2. The summed E-state index contributed by atoms with van der Waals surface area (Å²) >= 11 is 0. The molecule has 1 rings (SSSR count). The second kappa shape index (κ2) is 8.01. The Morgan fingerprint density at radius 1 is 1.09 bits per heavy atom. The Morgan fingerprint density at radius 2 is 1.61 bits per heavy atom. The lowest BCUT2D eigenvalue weighted by atomic mass is 10.2. The predicted molar refractivity (Wildman–Crippen MR) is 84.4 cm³/mol. The predicted octanol–water partition coefficient (Wildman–Crippen LogP) is 3.88. The van der Waals surface area contributed by atoms with Crippen LogP contribution in [-0.2, 0) is 16.2 Å². The van der Waals surface area contributed by atoms with Gasteiger partial charge in [-0.05, 0) is 31.0 Å². The van der Waals surface area contributed by atoms with Crippen molar-refractivity contribution in [3.8, 4) is 0 Å². The van der Waals surface area contributed by atoms with E-state index in [1.165, 1.54) is 6.07 Å². The van der Waals surface area contributed by atoms with Gasteiger partial charge in [0.2, 0.25) is 10.0 Å². The molecule has 0 aliphatic carbocycles. The average molecular weight is 352 g/mol. The molecule has 0 saturated heterocycles. The van der Waals surface area contributed by atoms with E-state index in [-0.39, 0.29) is 18.8 Å². The minimum atomic E-state index is -4.78. The number of alkyl halides is 3. The molecule has 0 atom stereocenters. The largest absolute Gasteiger partial charge is 0.417 e. The summed E-state index contributed by atoms with van der Waals surface area (Å²) in [5.74, 6) is 0. The van der Waals surface area contributed by atoms with Crippen molar-refractivity contribution in [1.82, 2.24) is 4.31 Å². The molecule has 2 N–H and O–H groups in total. The Morgan fingerprint density at radius 3 is 2.04 bits per heavy atom. The summed E-state index contributed by atoms with van der Waals surface area (Å²) in [6.45, 7) is 4.21. The molecule has 0 bridgehead atoms. The van der Waals surface area contributed by atoms with Gasteiger partial charge in [0.25, 0.3) is 0 Å². The maximum Gasteiger partial charge on any atom is 0.417 e. The van der Waals surface area contributed by atoms with Crippen molar-refractivity contribution in [2.24, 2.45) is 0 Å². The lowest BCUT2D eigenvalue weighted by molar-refractivity contribution is -0.139. The zero-order chi connectivity index (χ0) is 17.7. The lowest BCUT2D eigenvalue weighted by Gasteiger charge is -2.24. The highest BCUT2D eigenvalue weighted by molar-refractivity contribution is 7.89. The van der Waals surface area contributed by atoms with E-state index in [1.54, 1.807) is 0 Å². The number of hydrogen-bond donors (Lipinski definition) is 1. The first kappa shape index (κ1) is 19.8. The topological polar surface area (TPSA) is 63.4 Å². The minimum Gasteiger partial charge on any atom is -0.399 e. The third kappa shape index (κ3) is 5.10. The van der Waals surface area contributed by atoms with Crippen LogP contribution in [0.1, 0.15) is 45.1 Å². The summed E-state index contributed by atoms with van der Waals surface area (Å²) in [6, 6.07) is 2.79. The van der Waals surface area contributed by atoms with E-state index < -0.39 is 26.7 Å². The molecule has 8 heteroatoms. The first-order valence-corrected chi connectivity index (χ1v) is 9.05. The van der Waals surface area contributed by atoms with Gasteiger partial charge in [0.05, 0.1) is 10.5 Å². The van der Waals surface area contributed by atoms with Crippen LogP contribution >= 0.6 is 0 Å². The van der Waals surface area contributed by atoms with E-state index in [1.807, 2.05) is 13.8 Å². The first-order valence-electron chi connectivity index (χ1n) is 7.61. The summed E-state index contributed by atoms with van der Waals surface area (Å²) in [5, 5.41) is 0. The van der Waals surface area contributed by atoms with Gasteiger partial charge >= 0.3 is 6.18 Å². The highest BCUT2D eigenvalue weighted by Crippen LogP contribution is 2.36. The molecule has 1 aromatic carbocycles. The van der Waals surface area contributed by atoms with Crippen LogP contribution in [0.4, 0.5) is 18.9 Å². The molecule has 132 valence electrons. The number of nitrogen functional groups attached to an aromatic ring is 1. The van der Waals surface area contributed by atoms with Gasteiger partial charge in [0.1, 0.15) is 0 Å². The van der Waals surface area contributed by atoms with Gasteiger partial charge in [-0.3, -0.25) is 0 Å². The zero-order valence-electron chi connectivity index (χ0n) is 13.4. The molecule has 0 amide bonds. The smallest absolute Gasteiger partial charge is 0.399 e. The normalized spacial score (nSPS) is 12.8. The van der Waals surface area contributed by atoms with Crippen LogP contribution in [0.15, 0.2) is 23.1 Å². The highest BCUT2D eigenvalue weighted by Gasteiger charge is 2.39. The van der Waals surface area contributed by atoms with Gasteiger partial charge < -0.3 is 5.73 Å². The van der Waals surface area contributed by atoms with E-state index in [0.717, 1.165) is 23.2 Å². The molecule has 0 radical (unpaired) electrons. The van der Waals surface area contributed by atoms with E-state index >= 15 is 0 Å².